The monoisotopic (exact) mass is 313 g/mol. The van der Waals surface area contributed by atoms with E-state index in [1.54, 1.807) is 0 Å². The summed E-state index contributed by atoms with van der Waals surface area (Å²) in [6.07, 6.45) is 0.731. The van der Waals surface area contributed by atoms with Crippen molar-refractivity contribution in [3.8, 4) is 5.75 Å². The number of amides is 1. The van der Waals surface area contributed by atoms with E-state index in [2.05, 4.69) is 0 Å². The molecule has 0 spiro atoms. The maximum Gasteiger partial charge on any atom is 0.327 e. The first-order chi connectivity index (χ1) is 10.1. The largest absolute Gasteiger partial charge is 0.494 e. The Morgan fingerprint density at radius 3 is 2.76 bits per heavy atom. The summed E-state index contributed by atoms with van der Waals surface area (Å²) in [5.74, 6) is -0.0549. The van der Waals surface area contributed by atoms with Crippen LogP contribution in [0.2, 0.25) is 0 Å². The van der Waals surface area contributed by atoms with E-state index in [4.69, 9.17) is 9.84 Å². The molecular formula is C14H16FNO4S. The van der Waals surface area contributed by atoms with E-state index in [0.717, 1.165) is 0 Å². The molecule has 1 heterocycles. The van der Waals surface area contributed by atoms with Crippen LogP contribution in [0.25, 0.3) is 0 Å². The molecule has 1 unspecified atom stereocenters. The van der Waals surface area contributed by atoms with Gasteiger partial charge in [-0.3, -0.25) is 4.79 Å². The minimum Gasteiger partial charge on any atom is -0.494 e. The number of thioether (sulfide) groups is 1. The molecule has 7 heteroatoms. The maximum absolute atomic E-state index is 12.7. The van der Waals surface area contributed by atoms with Crippen LogP contribution >= 0.6 is 11.8 Å². The summed E-state index contributed by atoms with van der Waals surface area (Å²) in [6, 6.07) is 4.93. The van der Waals surface area contributed by atoms with Gasteiger partial charge in [-0.25, -0.2) is 9.18 Å². The molecule has 1 saturated heterocycles. The number of carboxylic acid groups (broad SMARTS) is 1. The summed E-state index contributed by atoms with van der Waals surface area (Å²) >= 11 is 1.44. The quantitative estimate of drug-likeness (QED) is 0.813. The molecule has 1 atom stereocenters. The SMILES string of the molecule is O=C(O)C1CSCN1C(=O)CCCOc1ccc(F)cc1. The van der Waals surface area contributed by atoms with Gasteiger partial charge in [-0.1, -0.05) is 0 Å². The van der Waals surface area contributed by atoms with E-state index in [0.29, 0.717) is 30.4 Å². The van der Waals surface area contributed by atoms with Crippen molar-refractivity contribution in [2.75, 3.05) is 18.2 Å². The molecule has 21 heavy (non-hydrogen) atoms. The number of benzene rings is 1. The zero-order chi connectivity index (χ0) is 15.2. The van der Waals surface area contributed by atoms with Crippen LogP contribution in [0.1, 0.15) is 12.8 Å². The minimum atomic E-state index is -0.962. The van der Waals surface area contributed by atoms with E-state index in [1.807, 2.05) is 0 Å². The lowest BCUT2D eigenvalue weighted by Crippen LogP contribution is -2.41. The third kappa shape index (κ3) is 4.35. The third-order valence-corrected chi connectivity index (χ3v) is 4.12. The highest BCUT2D eigenvalue weighted by Gasteiger charge is 2.33. The van der Waals surface area contributed by atoms with Crippen LogP contribution in [-0.2, 0) is 9.59 Å². The lowest BCUT2D eigenvalue weighted by Gasteiger charge is -2.20. The summed E-state index contributed by atoms with van der Waals surface area (Å²) in [4.78, 5) is 24.4. The Balaban J connectivity index is 1.72. The lowest BCUT2D eigenvalue weighted by molar-refractivity contribution is -0.147. The average Bonchev–Trinajstić information content (AvgIpc) is 2.95. The fourth-order valence-corrected chi connectivity index (χ4v) is 3.15. The Hall–Kier alpha value is -1.76. The van der Waals surface area contributed by atoms with E-state index >= 15 is 0 Å². The summed E-state index contributed by atoms with van der Waals surface area (Å²) < 4.78 is 18.1. The van der Waals surface area contributed by atoms with Crippen molar-refractivity contribution in [2.45, 2.75) is 18.9 Å². The standard InChI is InChI=1S/C14H16FNO4S/c15-10-3-5-11(6-4-10)20-7-1-2-13(17)16-9-21-8-12(16)14(18)19/h3-6,12H,1-2,7-9H2,(H,18,19). The first kappa shape index (κ1) is 15.6. The third-order valence-electron chi connectivity index (χ3n) is 3.11. The van der Waals surface area contributed by atoms with Crippen LogP contribution in [-0.4, -0.2) is 46.2 Å². The Bertz CT molecular complexity index is 508. The molecule has 114 valence electrons. The van der Waals surface area contributed by atoms with Gasteiger partial charge < -0.3 is 14.7 Å². The van der Waals surface area contributed by atoms with Gasteiger partial charge in [0.05, 0.1) is 12.5 Å². The van der Waals surface area contributed by atoms with Gasteiger partial charge in [0.15, 0.2) is 0 Å². The Kier molecular flexibility index (Phi) is 5.44. The molecule has 0 radical (unpaired) electrons. The Morgan fingerprint density at radius 1 is 1.38 bits per heavy atom. The molecule has 0 aromatic heterocycles. The van der Waals surface area contributed by atoms with Gasteiger partial charge in [0.2, 0.25) is 5.91 Å². The Morgan fingerprint density at radius 2 is 2.10 bits per heavy atom. The summed E-state index contributed by atoms with van der Waals surface area (Å²) in [6.45, 7) is 0.329. The molecule has 0 saturated carbocycles. The number of carboxylic acids is 1. The fraction of sp³-hybridized carbons (Fsp3) is 0.429. The molecule has 0 bridgehead atoms. The first-order valence-corrected chi connectivity index (χ1v) is 7.72. The smallest absolute Gasteiger partial charge is 0.327 e. The van der Waals surface area contributed by atoms with Crippen molar-refractivity contribution < 1.29 is 23.8 Å². The number of carbonyl (C=O) groups is 2. The zero-order valence-corrected chi connectivity index (χ0v) is 12.1. The van der Waals surface area contributed by atoms with Crippen molar-refractivity contribution in [3.63, 3.8) is 0 Å². The molecule has 1 aliphatic rings. The highest BCUT2D eigenvalue weighted by Crippen LogP contribution is 2.22. The number of nitrogens with zero attached hydrogens (tertiary/aromatic N) is 1. The van der Waals surface area contributed by atoms with Crippen molar-refractivity contribution in [1.29, 1.82) is 0 Å². The molecule has 0 aliphatic carbocycles. The maximum atomic E-state index is 12.7. The summed E-state index contributed by atoms with van der Waals surface area (Å²) in [5, 5.41) is 9.01. The molecule has 2 rings (SSSR count). The van der Waals surface area contributed by atoms with Crippen molar-refractivity contribution in [1.82, 2.24) is 4.90 Å². The van der Waals surface area contributed by atoms with E-state index in [1.165, 1.54) is 40.9 Å². The number of rotatable bonds is 6. The molecule has 5 nitrogen and oxygen atoms in total. The van der Waals surface area contributed by atoms with Gasteiger partial charge in [-0.15, -0.1) is 11.8 Å². The topological polar surface area (TPSA) is 66.8 Å². The fourth-order valence-electron chi connectivity index (χ4n) is 1.98. The Labute approximate surface area is 126 Å². The van der Waals surface area contributed by atoms with Crippen LogP contribution in [0, 0.1) is 5.82 Å². The second kappa shape index (κ2) is 7.31. The van der Waals surface area contributed by atoms with Gasteiger partial charge in [0.25, 0.3) is 0 Å². The van der Waals surface area contributed by atoms with Crippen molar-refractivity contribution in [3.05, 3.63) is 30.1 Å². The van der Waals surface area contributed by atoms with Gasteiger partial charge in [0, 0.05) is 12.2 Å². The predicted molar refractivity (Wildman–Crippen MR) is 76.7 cm³/mol. The molecule has 1 amide bonds. The first-order valence-electron chi connectivity index (χ1n) is 6.56. The van der Waals surface area contributed by atoms with E-state index in [9.17, 15) is 14.0 Å². The normalized spacial score (nSPS) is 17.8. The number of aliphatic carboxylic acids is 1. The van der Waals surface area contributed by atoms with Crippen LogP contribution in [0.5, 0.6) is 5.75 Å². The average molecular weight is 313 g/mol. The summed E-state index contributed by atoms with van der Waals surface area (Å²) in [5.41, 5.74) is 0. The highest BCUT2D eigenvalue weighted by atomic mass is 32.2. The highest BCUT2D eigenvalue weighted by molar-refractivity contribution is 7.99. The predicted octanol–water partition coefficient (Wildman–Crippen LogP) is 1.97. The number of hydrogen-bond acceptors (Lipinski definition) is 4. The molecule has 1 aromatic rings. The zero-order valence-electron chi connectivity index (χ0n) is 11.3. The number of carbonyl (C=O) groups excluding carboxylic acids is 1. The lowest BCUT2D eigenvalue weighted by atomic mass is 10.2. The van der Waals surface area contributed by atoms with Crippen LogP contribution in [0.3, 0.4) is 0 Å². The van der Waals surface area contributed by atoms with Gasteiger partial charge >= 0.3 is 5.97 Å². The van der Waals surface area contributed by atoms with Crippen LogP contribution in [0.15, 0.2) is 24.3 Å². The van der Waals surface area contributed by atoms with Gasteiger partial charge in [-0.2, -0.15) is 0 Å². The molecule has 1 aromatic carbocycles. The van der Waals surface area contributed by atoms with E-state index in [-0.39, 0.29) is 18.1 Å². The second-order valence-electron chi connectivity index (χ2n) is 4.62. The van der Waals surface area contributed by atoms with Gasteiger partial charge in [0.1, 0.15) is 17.6 Å². The van der Waals surface area contributed by atoms with Crippen LogP contribution < -0.4 is 4.74 Å². The number of hydrogen-bond donors (Lipinski definition) is 1. The van der Waals surface area contributed by atoms with Gasteiger partial charge in [-0.05, 0) is 30.7 Å². The molecule has 1 N–H and O–H groups in total. The molecular weight excluding hydrogens is 297 g/mol. The number of halogens is 1. The summed E-state index contributed by atoms with van der Waals surface area (Å²) in [7, 11) is 0. The van der Waals surface area contributed by atoms with Crippen LogP contribution in [0.4, 0.5) is 4.39 Å². The number of ether oxygens (including phenoxy) is 1. The minimum absolute atomic E-state index is 0.171. The van der Waals surface area contributed by atoms with Crippen molar-refractivity contribution >= 4 is 23.6 Å². The van der Waals surface area contributed by atoms with Crippen molar-refractivity contribution in [2.24, 2.45) is 0 Å². The van der Waals surface area contributed by atoms with E-state index < -0.39 is 12.0 Å². The molecule has 1 aliphatic heterocycles. The second-order valence-corrected chi connectivity index (χ2v) is 5.62. The molecule has 1 fully saturated rings.